The Hall–Kier alpha value is -2.40. The molecule has 1 amide bonds. The maximum atomic E-state index is 14.6. The fourth-order valence-electron chi connectivity index (χ4n) is 3.35. The van der Waals surface area contributed by atoms with Crippen LogP contribution in [0.2, 0.25) is 5.02 Å². The molecule has 2 aliphatic rings. The number of aromatic nitrogens is 1. The van der Waals surface area contributed by atoms with E-state index in [9.17, 15) is 14.0 Å². The highest BCUT2D eigenvalue weighted by Gasteiger charge is 2.27. The summed E-state index contributed by atoms with van der Waals surface area (Å²) in [6, 6.07) is 7.88. The third kappa shape index (κ3) is 3.44. The minimum atomic E-state index is -0.472. The number of H-pyrrole nitrogens is 1. The van der Waals surface area contributed by atoms with Crippen LogP contribution in [-0.4, -0.2) is 16.9 Å². The normalized spacial score (nSPS) is 20.3. The van der Waals surface area contributed by atoms with Gasteiger partial charge in [0.2, 0.25) is 5.91 Å². The molecule has 1 aliphatic heterocycles. The number of hydrogen-bond donors (Lipinski definition) is 2. The fraction of sp³-hybridized carbons (Fsp3) is 0.300. The minimum Gasteiger partial charge on any atom is -0.350 e. The van der Waals surface area contributed by atoms with Gasteiger partial charge in [-0.25, -0.2) is 4.39 Å². The first-order valence-corrected chi connectivity index (χ1v) is 9.09. The number of nitrogens with one attached hydrogen (secondary N) is 2. The van der Waals surface area contributed by atoms with Gasteiger partial charge in [0.15, 0.2) is 0 Å². The van der Waals surface area contributed by atoms with Crippen LogP contribution in [0.1, 0.15) is 48.4 Å². The van der Waals surface area contributed by atoms with E-state index in [1.54, 1.807) is 18.2 Å². The molecule has 1 aliphatic carbocycles. The zero-order valence-corrected chi connectivity index (χ0v) is 14.8. The van der Waals surface area contributed by atoms with E-state index in [2.05, 4.69) is 10.3 Å². The third-order valence-electron chi connectivity index (χ3n) is 4.87. The van der Waals surface area contributed by atoms with E-state index < -0.39 is 5.82 Å². The molecule has 1 atom stereocenters. The lowest BCUT2D eigenvalue weighted by molar-refractivity contribution is -0.119. The quantitative estimate of drug-likeness (QED) is 0.858. The van der Waals surface area contributed by atoms with Gasteiger partial charge < -0.3 is 10.3 Å². The molecule has 0 unspecified atom stereocenters. The molecule has 1 aromatic heterocycles. The molecular formula is C20H18ClFN2O2. The van der Waals surface area contributed by atoms with Crippen LogP contribution in [-0.2, 0) is 4.79 Å². The molecule has 0 bridgehead atoms. The summed E-state index contributed by atoms with van der Waals surface area (Å²) in [5, 5.41) is 3.16. The number of benzene rings is 1. The van der Waals surface area contributed by atoms with Crippen molar-refractivity contribution in [3.63, 3.8) is 0 Å². The van der Waals surface area contributed by atoms with Crippen molar-refractivity contribution in [1.82, 2.24) is 10.3 Å². The molecule has 26 heavy (non-hydrogen) atoms. The second-order valence-corrected chi connectivity index (χ2v) is 7.28. The summed E-state index contributed by atoms with van der Waals surface area (Å²) in [4.78, 5) is 26.8. The molecule has 2 heterocycles. The van der Waals surface area contributed by atoms with Crippen LogP contribution >= 0.6 is 11.6 Å². The van der Waals surface area contributed by atoms with Gasteiger partial charge in [0.1, 0.15) is 5.82 Å². The molecule has 2 fully saturated rings. The average Bonchev–Trinajstić information content (AvgIpc) is 3.35. The molecule has 1 saturated heterocycles. The number of aromatic amines is 1. The lowest BCUT2D eigenvalue weighted by atomic mass is 9.98. The summed E-state index contributed by atoms with van der Waals surface area (Å²) < 4.78 is 14.6. The van der Waals surface area contributed by atoms with Gasteiger partial charge in [0, 0.05) is 39.9 Å². The molecule has 1 saturated carbocycles. The summed E-state index contributed by atoms with van der Waals surface area (Å²) >= 11 is 5.87. The zero-order chi connectivity index (χ0) is 18.3. The maximum absolute atomic E-state index is 14.6. The van der Waals surface area contributed by atoms with E-state index in [0.717, 1.165) is 18.4 Å². The van der Waals surface area contributed by atoms with Crippen LogP contribution in [0.4, 0.5) is 4.39 Å². The number of rotatable bonds is 4. The van der Waals surface area contributed by atoms with Crippen molar-refractivity contribution in [2.75, 3.05) is 0 Å². The highest BCUT2D eigenvalue weighted by molar-refractivity contribution is 6.30. The summed E-state index contributed by atoms with van der Waals surface area (Å²) in [6.45, 7) is 0. The summed E-state index contributed by atoms with van der Waals surface area (Å²) in [5.41, 5.74) is 2.05. The van der Waals surface area contributed by atoms with Gasteiger partial charge in [0.05, 0.1) is 0 Å². The largest absolute Gasteiger partial charge is 0.350 e. The third-order valence-corrected chi connectivity index (χ3v) is 5.10. The average molecular weight is 373 g/mol. The Bertz CT molecular complexity index is 963. The molecule has 6 heteroatoms. The highest BCUT2D eigenvalue weighted by atomic mass is 35.5. The Morgan fingerprint density at radius 1 is 1.15 bits per heavy atom. The van der Waals surface area contributed by atoms with Crippen LogP contribution in [0.25, 0.3) is 5.57 Å². The lowest BCUT2D eigenvalue weighted by Gasteiger charge is -2.13. The summed E-state index contributed by atoms with van der Waals surface area (Å²) in [6.07, 6.45) is 4.95. The highest BCUT2D eigenvalue weighted by Crippen LogP contribution is 2.38. The first-order chi connectivity index (χ1) is 12.5. The predicted octanol–water partition coefficient (Wildman–Crippen LogP) is 3.76. The molecule has 0 radical (unpaired) electrons. The van der Waals surface area contributed by atoms with Gasteiger partial charge in [-0.05, 0) is 49.4 Å². The number of carbonyl (C=O) groups excluding carboxylic acids is 1. The maximum Gasteiger partial charge on any atom is 0.251 e. The molecule has 134 valence electrons. The van der Waals surface area contributed by atoms with E-state index in [1.165, 1.54) is 6.07 Å². The Labute approximate surface area is 155 Å². The van der Waals surface area contributed by atoms with Gasteiger partial charge in [-0.3, -0.25) is 9.59 Å². The van der Waals surface area contributed by atoms with Crippen molar-refractivity contribution in [3.05, 3.63) is 74.4 Å². The van der Waals surface area contributed by atoms with Gasteiger partial charge in [-0.1, -0.05) is 23.7 Å². The Morgan fingerprint density at radius 2 is 1.96 bits per heavy atom. The Balaban J connectivity index is 1.79. The van der Waals surface area contributed by atoms with Crippen molar-refractivity contribution >= 4 is 23.1 Å². The smallest absolute Gasteiger partial charge is 0.251 e. The zero-order valence-electron chi connectivity index (χ0n) is 14.0. The van der Waals surface area contributed by atoms with E-state index in [1.807, 2.05) is 12.1 Å². The second kappa shape index (κ2) is 6.72. The van der Waals surface area contributed by atoms with Crippen LogP contribution < -0.4 is 10.9 Å². The van der Waals surface area contributed by atoms with Crippen molar-refractivity contribution in [3.8, 4) is 0 Å². The fourth-order valence-corrected chi connectivity index (χ4v) is 3.51. The second-order valence-electron chi connectivity index (χ2n) is 6.85. The van der Waals surface area contributed by atoms with E-state index in [0.29, 0.717) is 40.6 Å². The molecule has 1 aromatic carbocycles. The summed E-state index contributed by atoms with van der Waals surface area (Å²) in [5.74, 6) is -0.165. The topological polar surface area (TPSA) is 62.0 Å². The number of hydrogen-bond acceptors (Lipinski definition) is 2. The number of halogens is 2. The van der Waals surface area contributed by atoms with Crippen LogP contribution in [0, 0.1) is 5.82 Å². The first-order valence-electron chi connectivity index (χ1n) is 8.71. The molecule has 0 spiro atoms. The minimum absolute atomic E-state index is 0.0280. The molecular weight excluding hydrogens is 355 g/mol. The van der Waals surface area contributed by atoms with Crippen LogP contribution in [0.5, 0.6) is 0 Å². The van der Waals surface area contributed by atoms with Crippen molar-refractivity contribution in [1.29, 1.82) is 0 Å². The van der Waals surface area contributed by atoms with E-state index in [4.69, 9.17) is 11.6 Å². The standard InChI is InChI=1S/C20H18ClFN2O2/c21-12-3-5-15(17(22)9-12)16(10-13-4-8-19(25)23-13)18-7-6-14(11-1-2-11)20(26)24-18/h3,5-7,9-11,13H,1-2,4,8H2,(H,23,25)(H,24,26)/b16-10-/t13-/m1/s1. The van der Waals surface area contributed by atoms with Crippen LogP contribution in [0.3, 0.4) is 0 Å². The van der Waals surface area contributed by atoms with Crippen LogP contribution in [0.15, 0.2) is 41.2 Å². The van der Waals surface area contributed by atoms with Gasteiger partial charge in [0.25, 0.3) is 5.56 Å². The number of pyridine rings is 1. The van der Waals surface area contributed by atoms with E-state index >= 15 is 0 Å². The molecule has 2 aromatic rings. The predicted molar refractivity (Wildman–Crippen MR) is 98.7 cm³/mol. The number of carbonyl (C=O) groups is 1. The SMILES string of the molecule is O=C1CC[C@H](/C=C(\c2ccc(C3CC3)c(=O)[nH]2)c2ccc(Cl)cc2F)N1. The lowest BCUT2D eigenvalue weighted by Crippen LogP contribution is -2.24. The van der Waals surface area contributed by atoms with Gasteiger partial charge in [-0.15, -0.1) is 0 Å². The Kier molecular flexibility index (Phi) is 4.41. The summed E-state index contributed by atoms with van der Waals surface area (Å²) in [7, 11) is 0. The molecule has 4 nitrogen and oxygen atoms in total. The van der Waals surface area contributed by atoms with Crippen molar-refractivity contribution in [2.24, 2.45) is 0 Å². The van der Waals surface area contributed by atoms with Crippen molar-refractivity contribution < 1.29 is 9.18 Å². The molecule has 4 rings (SSSR count). The number of amides is 1. The molecule has 2 N–H and O–H groups in total. The first kappa shape index (κ1) is 17.0. The van der Waals surface area contributed by atoms with Gasteiger partial charge in [-0.2, -0.15) is 0 Å². The van der Waals surface area contributed by atoms with E-state index in [-0.39, 0.29) is 17.5 Å². The van der Waals surface area contributed by atoms with Crippen molar-refractivity contribution in [2.45, 2.75) is 37.6 Å². The Morgan fingerprint density at radius 3 is 2.58 bits per heavy atom. The van der Waals surface area contributed by atoms with Gasteiger partial charge >= 0.3 is 0 Å². The monoisotopic (exact) mass is 372 g/mol.